The summed E-state index contributed by atoms with van der Waals surface area (Å²) in [7, 11) is 1.32. The summed E-state index contributed by atoms with van der Waals surface area (Å²) in [5.74, 6) is -1.71. The topological polar surface area (TPSA) is 70.3 Å². The fraction of sp³-hybridized carbons (Fsp3) is 0.0909. The van der Waals surface area contributed by atoms with Gasteiger partial charge in [0.2, 0.25) is 0 Å². The van der Waals surface area contributed by atoms with Crippen molar-refractivity contribution in [2.24, 2.45) is 0 Å². The highest BCUT2D eigenvalue weighted by Crippen LogP contribution is 2.22. The van der Waals surface area contributed by atoms with E-state index in [4.69, 9.17) is 15.1 Å². The number of halogens is 1. The predicted molar refractivity (Wildman–Crippen MR) is 54.3 cm³/mol. The number of carboxylic acid groups (broad SMARTS) is 1. The lowest BCUT2D eigenvalue weighted by atomic mass is 10.1. The van der Waals surface area contributed by atoms with E-state index in [0.29, 0.717) is 0 Å². The van der Waals surface area contributed by atoms with E-state index in [0.717, 1.165) is 18.2 Å². The molecule has 0 aliphatic heterocycles. The summed E-state index contributed by atoms with van der Waals surface area (Å²) < 4.78 is 18.2. The van der Waals surface area contributed by atoms with Crippen molar-refractivity contribution in [3.05, 3.63) is 35.2 Å². The van der Waals surface area contributed by atoms with Gasteiger partial charge in [-0.1, -0.05) is 0 Å². The molecule has 0 saturated heterocycles. The molecule has 4 nitrogen and oxygen atoms in total. The molecule has 0 heterocycles. The molecule has 0 atom stereocenters. The van der Waals surface area contributed by atoms with Crippen LogP contribution in [0.1, 0.15) is 11.1 Å². The van der Waals surface area contributed by atoms with Crippen molar-refractivity contribution in [3.63, 3.8) is 0 Å². The van der Waals surface area contributed by atoms with E-state index >= 15 is 0 Å². The Morgan fingerprint density at radius 2 is 2.31 bits per heavy atom. The molecule has 0 aromatic heterocycles. The van der Waals surface area contributed by atoms with Crippen molar-refractivity contribution in [1.82, 2.24) is 0 Å². The Kier molecular flexibility index (Phi) is 3.62. The molecule has 1 aromatic rings. The van der Waals surface area contributed by atoms with Crippen LogP contribution in [-0.2, 0) is 4.79 Å². The number of carbonyl (C=O) groups is 1. The molecule has 0 amide bonds. The van der Waals surface area contributed by atoms with Crippen molar-refractivity contribution in [2.45, 2.75) is 0 Å². The van der Waals surface area contributed by atoms with Crippen LogP contribution in [0.25, 0.3) is 6.08 Å². The fourth-order valence-corrected chi connectivity index (χ4v) is 1.12. The minimum Gasteiger partial charge on any atom is -0.495 e. The van der Waals surface area contributed by atoms with E-state index < -0.39 is 11.8 Å². The highest BCUT2D eigenvalue weighted by Gasteiger charge is 2.08. The zero-order valence-electron chi connectivity index (χ0n) is 8.40. The van der Waals surface area contributed by atoms with Gasteiger partial charge in [-0.3, -0.25) is 0 Å². The molecule has 0 radical (unpaired) electrons. The molecule has 0 aliphatic rings. The van der Waals surface area contributed by atoms with Crippen molar-refractivity contribution in [1.29, 1.82) is 5.26 Å². The van der Waals surface area contributed by atoms with Crippen LogP contribution in [0.3, 0.4) is 0 Å². The van der Waals surface area contributed by atoms with Gasteiger partial charge in [0.05, 0.1) is 12.7 Å². The average molecular weight is 221 g/mol. The third kappa shape index (κ3) is 2.58. The van der Waals surface area contributed by atoms with Gasteiger partial charge >= 0.3 is 5.97 Å². The number of benzene rings is 1. The first kappa shape index (κ1) is 11.7. The van der Waals surface area contributed by atoms with Crippen LogP contribution in [0.2, 0.25) is 0 Å². The molecule has 16 heavy (non-hydrogen) atoms. The molecular formula is C11H8FNO3. The van der Waals surface area contributed by atoms with Gasteiger partial charge in [-0.15, -0.1) is 0 Å². The van der Waals surface area contributed by atoms with Crippen LogP contribution in [0.5, 0.6) is 5.75 Å². The van der Waals surface area contributed by atoms with E-state index in [1.807, 2.05) is 6.07 Å². The molecule has 1 N–H and O–H groups in total. The second kappa shape index (κ2) is 4.94. The van der Waals surface area contributed by atoms with Gasteiger partial charge in [0, 0.05) is 17.7 Å². The summed E-state index contributed by atoms with van der Waals surface area (Å²) in [6.07, 6.45) is 1.88. The standard InChI is InChI=1S/C11H8FNO3/c1-16-10-5-9(12)7(2-3-11(14)15)4-8(10)6-13/h2-5H,1H3,(H,14,15)/b3-2+. The molecular weight excluding hydrogens is 213 g/mol. The van der Waals surface area contributed by atoms with E-state index in [2.05, 4.69) is 0 Å². The Balaban J connectivity index is 3.22. The first-order valence-electron chi connectivity index (χ1n) is 4.27. The average Bonchev–Trinajstić information content (AvgIpc) is 2.26. The lowest BCUT2D eigenvalue weighted by Gasteiger charge is -2.04. The van der Waals surface area contributed by atoms with Gasteiger partial charge in [0.25, 0.3) is 0 Å². The van der Waals surface area contributed by atoms with Gasteiger partial charge in [-0.2, -0.15) is 5.26 Å². The predicted octanol–water partition coefficient (Wildman–Crippen LogP) is 1.80. The number of hydrogen-bond acceptors (Lipinski definition) is 3. The molecule has 5 heteroatoms. The normalized spacial score (nSPS) is 10.1. The van der Waals surface area contributed by atoms with Crippen molar-refractivity contribution in [2.75, 3.05) is 7.11 Å². The Bertz CT molecular complexity index is 489. The molecule has 1 aromatic carbocycles. The molecule has 0 unspecified atom stereocenters. The number of carboxylic acids is 1. The largest absolute Gasteiger partial charge is 0.495 e. The summed E-state index contributed by atoms with van der Waals surface area (Å²) in [5.41, 5.74) is 0.175. The zero-order chi connectivity index (χ0) is 12.1. The van der Waals surface area contributed by atoms with Crippen LogP contribution < -0.4 is 4.74 Å². The molecule has 0 aliphatic carbocycles. The third-order valence-electron chi connectivity index (χ3n) is 1.84. The van der Waals surface area contributed by atoms with Crippen LogP contribution in [-0.4, -0.2) is 18.2 Å². The molecule has 82 valence electrons. The second-order valence-electron chi connectivity index (χ2n) is 2.86. The van der Waals surface area contributed by atoms with Gasteiger partial charge in [0.15, 0.2) is 0 Å². The van der Waals surface area contributed by atoms with Gasteiger partial charge in [-0.05, 0) is 12.1 Å². The van der Waals surface area contributed by atoms with E-state index in [-0.39, 0.29) is 16.9 Å². The maximum atomic E-state index is 13.4. The van der Waals surface area contributed by atoms with Crippen LogP contribution in [0.4, 0.5) is 4.39 Å². The number of nitriles is 1. The Hall–Kier alpha value is -2.35. The highest BCUT2D eigenvalue weighted by atomic mass is 19.1. The smallest absolute Gasteiger partial charge is 0.328 e. The molecule has 0 fully saturated rings. The minimum atomic E-state index is -1.19. The highest BCUT2D eigenvalue weighted by molar-refractivity contribution is 5.85. The second-order valence-corrected chi connectivity index (χ2v) is 2.86. The van der Waals surface area contributed by atoms with Crippen molar-refractivity contribution >= 4 is 12.0 Å². The fourth-order valence-electron chi connectivity index (χ4n) is 1.12. The molecule has 0 bridgehead atoms. The first-order chi connectivity index (χ1) is 7.58. The van der Waals surface area contributed by atoms with Crippen LogP contribution in [0.15, 0.2) is 18.2 Å². The summed E-state index contributed by atoms with van der Waals surface area (Å²) in [5, 5.41) is 17.1. The number of hydrogen-bond donors (Lipinski definition) is 1. The number of rotatable bonds is 3. The minimum absolute atomic E-state index is 0.0275. The summed E-state index contributed by atoms with van der Waals surface area (Å²) in [6, 6.07) is 4.10. The zero-order valence-corrected chi connectivity index (χ0v) is 8.40. The monoisotopic (exact) mass is 221 g/mol. The van der Waals surface area contributed by atoms with Gasteiger partial charge in [-0.25, -0.2) is 9.18 Å². The first-order valence-corrected chi connectivity index (χ1v) is 4.27. The van der Waals surface area contributed by atoms with Gasteiger partial charge in [0.1, 0.15) is 17.6 Å². The maximum Gasteiger partial charge on any atom is 0.328 e. The number of aliphatic carboxylic acids is 1. The summed E-state index contributed by atoms with van der Waals surface area (Å²) >= 11 is 0. The summed E-state index contributed by atoms with van der Waals surface area (Å²) in [6.45, 7) is 0. The lowest BCUT2D eigenvalue weighted by Crippen LogP contribution is -1.93. The quantitative estimate of drug-likeness (QED) is 0.790. The van der Waals surface area contributed by atoms with Gasteiger partial charge < -0.3 is 9.84 Å². The Morgan fingerprint density at radius 3 is 2.81 bits per heavy atom. The molecule has 1 rings (SSSR count). The number of nitrogens with zero attached hydrogens (tertiary/aromatic N) is 1. The molecule has 0 spiro atoms. The SMILES string of the molecule is COc1cc(F)c(/C=C/C(=O)O)cc1C#N. The summed E-state index contributed by atoms with van der Waals surface area (Å²) in [4.78, 5) is 10.3. The van der Waals surface area contributed by atoms with Crippen LogP contribution in [0, 0.1) is 17.1 Å². The molecule has 0 saturated carbocycles. The van der Waals surface area contributed by atoms with Crippen LogP contribution >= 0.6 is 0 Å². The van der Waals surface area contributed by atoms with Crippen molar-refractivity contribution < 1.29 is 19.0 Å². The van der Waals surface area contributed by atoms with E-state index in [1.165, 1.54) is 13.2 Å². The number of ether oxygens (including phenoxy) is 1. The lowest BCUT2D eigenvalue weighted by molar-refractivity contribution is -0.131. The Morgan fingerprint density at radius 1 is 1.62 bits per heavy atom. The van der Waals surface area contributed by atoms with E-state index in [1.54, 1.807) is 0 Å². The Labute approximate surface area is 91.2 Å². The van der Waals surface area contributed by atoms with Crippen molar-refractivity contribution in [3.8, 4) is 11.8 Å². The van der Waals surface area contributed by atoms with E-state index in [9.17, 15) is 9.18 Å². The maximum absolute atomic E-state index is 13.4. The third-order valence-corrected chi connectivity index (χ3v) is 1.84. The number of methoxy groups -OCH3 is 1.